The maximum absolute atomic E-state index is 12.5. The predicted molar refractivity (Wildman–Crippen MR) is 93.3 cm³/mol. The third kappa shape index (κ3) is 4.36. The van der Waals surface area contributed by atoms with Crippen LogP contribution in [0.25, 0.3) is 0 Å². The van der Waals surface area contributed by atoms with Gasteiger partial charge in [-0.15, -0.1) is 0 Å². The van der Waals surface area contributed by atoms with E-state index in [0.717, 1.165) is 9.87 Å². The van der Waals surface area contributed by atoms with E-state index >= 15 is 0 Å². The van der Waals surface area contributed by atoms with Crippen molar-refractivity contribution >= 4 is 20.1 Å². The van der Waals surface area contributed by atoms with Gasteiger partial charge in [-0.3, -0.25) is 0 Å². The van der Waals surface area contributed by atoms with Gasteiger partial charge in [0.25, 0.3) is 10.0 Å². The molecule has 1 heterocycles. The third-order valence-electron chi connectivity index (χ3n) is 3.57. The van der Waals surface area contributed by atoms with Crippen LogP contribution in [-0.2, 0) is 20.1 Å². The van der Waals surface area contributed by atoms with Crippen LogP contribution < -0.4 is 4.18 Å². The number of rotatable bonds is 6. The Balaban J connectivity index is 2.35. The van der Waals surface area contributed by atoms with Gasteiger partial charge in [-0.25, -0.2) is 8.42 Å². The summed E-state index contributed by atoms with van der Waals surface area (Å²) >= 11 is 0. The summed E-state index contributed by atoms with van der Waals surface area (Å²) in [6, 6.07) is 9.81. The second-order valence-corrected chi connectivity index (χ2v) is 9.27. The average molecular weight is 384 g/mol. The predicted octanol–water partition coefficient (Wildman–Crippen LogP) is 2.19. The number of aromatic nitrogens is 1. The maximum atomic E-state index is 12.5. The summed E-state index contributed by atoms with van der Waals surface area (Å²) in [5.41, 5.74) is 0.905. The molecule has 0 N–H and O–H groups in total. The molecule has 0 saturated carbocycles. The topological polar surface area (TPSA) is 93.6 Å². The molecule has 1 aromatic carbocycles. The molecule has 0 unspecified atom stereocenters. The SMILES string of the molecule is Cc1ccc(S(=O)(=O)Oc2cccc(S(=O)(=O)N(C)C(C)C)n2)cc1. The first kappa shape index (κ1) is 19.4. The fourth-order valence-corrected chi connectivity index (χ4v) is 4.07. The van der Waals surface area contributed by atoms with Crippen LogP contribution >= 0.6 is 0 Å². The summed E-state index contributed by atoms with van der Waals surface area (Å²) in [5.74, 6) is -0.307. The summed E-state index contributed by atoms with van der Waals surface area (Å²) in [4.78, 5) is 3.81. The molecule has 0 aliphatic rings. The molecule has 25 heavy (non-hydrogen) atoms. The Morgan fingerprint density at radius 2 is 1.60 bits per heavy atom. The van der Waals surface area contributed by atoms with Gasteiger partial charge in [-0.05, 0) is 39.0 Å². The highest BCUT2D eigenvalue weighted by Gasteiger charge is 2.26. The lowest BCUT2D eigenvalue weighted by Crippen LogP contribution is -2.33. The van der Waals surface area contributed by atoms with Crippen molar-refractivity contribution in [3.05, 3.63) is 48.0 Å². The average Bonchev–Trinajstić information content (AvgIpc) is 2.54. The molecule has 136 valence electrons. The van der Waals surface area contributed by atoms with Gasteiger partial charge in [-0.2, -0.15) is 17.7 Å². The van der Waals surface area contributed by atoms with Crippen LogP contribution in [0.3, 0.4) is 0 Å². The molecule has 2 aromatic rings. The van der Waals surface area contributed by atoms with Crippen LogP contribution in [0.15, 0.2) is 52.4 Å². The van der Waals surface area contributed by atoms with Gasteiger partial charge in [0.15, 0.2) is 5.03 Å². The Hall–Kier alpha value is -1.97. The van der Waals surface area contributed by atoms with Crippen LogP contribution in [0.1, 0.15) is 19.4 Å². The van der Waals surface area contributed by atoms with Crippen molar-refractivity contribution in [3.8, 4) is 5.88 Å². The lowest BCUT2D eigenvalue weighted by atomic mass is 10.2. The van der Waals surface area contributed by atoms with Gasteiger partial charge < -0.3 is 4.18 Å². The first-order valence-corrected chi connectivity index (χ1v) is 10.3. The molecule has 9 heteroatoms. The zero-order valence-electron chi connectivity index (χ0n) is 14.4. The fourth-order valence-electron chi connectivity index (χ4n) is 1.88. The fraction of sp³-hybridized carbons (Fsp3) is 0.312. The van der Waals surface area contributed by atoms with Gasteiger partial charge in [0.2, 0.25) is 5.88 Å². The highest BCUT2D eigenvalue weighted by atomic mass is 32.2. The summed E-state index contributed by atoms with van der Waals surface area (Å²) in [5, 5.41) is -0.277. The summed E-state index contributed by atoms with van der Waals surface area (Å²) < 4.78 is 55.6. The largest absolute Gasteiger partial charge is 0.358 e. The van der Waals surface area contributed by atoms with E-state index in [9.17, 15) is 16.8 Å². The zero-order valence-corrected chi connectivity index (χ0v) is 16.0. The monoisotopic (exact) mass is 384 g/mol. The van der Waals surface area contributed by atoms with Gasteiger partial charge in [0.1, 0.15) is 4.90 Å². The Bertz CT molecular complexity index is 952. The van der Waals surface area contributed by atoms with Crippen LogP contribution in [0.4, 0.5) is 0 Å². The molecule has 0 bridgehead atoms. The number of sulfonamides is 1. The molecule has 0 fully saturated rings. The molecule has 2 rings (SSSR count). The highest BCUT2D eigenvalue weighted by molar-refractivity contribution is 7.89. The smallest absolute Gasteiger partial charge is 0.340 e. The van der Waals surface area contributed by atoms with Crippen LogP contribution in [0.2, 0.25) is 0 Å². The molecule has 0 amide bonds. The molecule has 0 saturated heterocycles. The molecular formula is C16H20N2O5S2. The molecule has 0 aliphatic carbocycles. The van der Waals surface area contributed by atoms with E-state index in [2.05, 4.69) is 4.98 Å². The normalized spacial score (nSPS) is 12.6. The Morgan fingerprint density at radius 3 is 2.16 bits per heavy atom. The van der Waals surface area contributed by atoms with Gasteiger partial charge in [0, 0.05) is 19.2 Å². The quantitative estimate of drug-likeness (QED) is 0.709. The minimum Gasteiger partial charge on any atom is -0.358 e. The number of aryl methyl sites for hydroxylation is 1. The first-order chi connectivity index (χ1) is 11.5. The van der Waals surface area contributed by atoms with Gasteiger partial charge >= 0.3 is 10.1 Å². The lowest BCUT2D eigenvalue weighted by Gasteiger charge is -2.20. The first-order valence-electron chi connectivity index (χ1n) is 7.50. The molecular weight excluding hydrogens is 364 g/mol. The number of nitrogens with zero attached hydrogens (tertiary/aromatic N) is 2. The third-order valence-corrected chi connectivity index (χ3v) is 6.75. The van der Waals surface area contributed by atoms with Crippen molar-refractivity contribution in [1.82, 2.24) is 9.29 Å². The number of hydrogen-bond acceptors (Lipinski definition) is 6. The number of pyridine rings is 1. The van der Waals surface area contributed by atoms with E-state index in [4.69, 9.17) is 4.18 Å². The molecule has 1 aromatic heterocycles. The van der Waals surface area contributed by atoms with E-state index in [-0.39, 0.29) is 21.8 Å². The number of hydrogen-bond donors (Lipinski definition) is 0. The molecule has 0 radical (unpaired) electrons. The van der Waals surface area contributed by atoms with E-state index in [1.807, 2.05) is 6.92 Å². The summed E-state index contributed by atoms with van der Waals surface area (Å²) in [6.07, 6.45) is 0. The van der Waals surface area contributed by atoms with E-state index in [0.29, 0.717) is 0 Å². The number of benzene rings is 1. The van der Waals surface area contributed by atoms with E-state index in [1.54, 1.807) is 26.0 Å². The Morgan fingerprint density at radius 1 is 1.00 bits per heavy atom. The second kappa shape index (κ2) is 7.11. The van der Waals surface area contributed by atoms with Crippen LogP contribution in [0, 0.1) is 6.92 Å². The van der Waals surface area contributed by atoms with Crippen molar-refractivity contribution in [3.63, 3.8) is 0 Å². The Kier molecular flexibility index (Phi) is 5.50. The highest BCUT2D eigenvalue weighted by Crippen LogP contribution is 2.21. The van der Waals surface area contributed by atoms with Crippen molar-refractivity contribution in [2.24, 2.45) is 0 Å². The summed E-state index contributed by atoms with van der Waals surface area (Å²) in [6.45, 7) is 5.28. The van der Waals surface area contributed by atoms with Crippen LogP contribution in [-0.4, -0.2) is 39.2 Å². The second-order valence-electron chi connectivity index (χ2n) is 5.78. The van der Waals surface area contributed by atoms with Gasteiger partial charge in [0.05, 0.1) is 0 Å². The van der Waals surface area contributed by atoms with Crippen molar-refractivity contribution in [1.29, 1.82) is 0 Å². The lowest BCUT2D eigenvalue weighted by molar-refractivity contribution is 0.407. The van der Waals surface area contributed by atoms with E-state index < -0.39 is 20.1 Å². The van der Waals surface area contributed by atoms with Crippen molar-refractivity contribution < 1.29 is 21.0 Å². The standard InChI is InChI=1S/C16H20N2O5S2/c1-12(2)18(4)24(19,20)16-7-5-6-15(17-16)23-25(21,22)14-10-8-13(3)9-11-14/h5-12H,1-4H3. The van der Waals surface area contributed by atoms with Crippen molar-refractivity contribution in [2.75, 3.05) is 7.05 Å². The Labute approximate surface area is 148 Å². The molecule has 7 nitrogen and oxygen atoms in total. The van der Waals surface area contributed by atoms with E-state index in [1.165, 1.54) is 37.4 Å². The molecule has 0 aliphatic heterocycles. The summed E-state index contributed by atoms with van der Waals surface area (Å²) in [7, 11) is -6.51. The van der Waals surface area contributed by atoms with Crippen LogP contribution in [0.5, 0.6) is 5.88 Å². The maximum Gasteiger partial charge on any atom is 0.340 e. The van der Waals surface area contributed by atoms with Gasteiger partial charge in [-0.1, -0.05) is 23.8 Å². The van der Waals surface area contributed by atoms with Crippen molar-refractivity contribution in [2.45, 2.75) is 36.7 Å². The zero-order chi connectivity index (χ0) is 18.8. The molecule has 0 spiro atoms. The minimum atomic E-state index is -4.10. The minimum absolute atomic E-state index is 0.0348. The molecule has 0 atom stereocenters.